The van der Waals surface area contributed by atoms with Crippen LogP contribution in [0.2, 0.25) is 0 Å². The normalized spacial score (nSPS) is 17.5. The molecule has 10 nitrogen and oxygen atoms in total. The number of hydrogen-bond donors (Lipinski definition) is 8. The van der Waals surface area contributed by atoms with E-state index in [2.05, 4.69) is 44.0 Å². The van der Waals surface area contributed by atoms with Gasteiger partial charge in [-0.05, 0) is 89.0 Å². The van der Waals surface area contributed by atoms with Crippen molar-refractivity contribution < 1.29 is 35.7 Å². The summed E-state index contributed by atoms with van der Waals surface area (Å²) in [6.45, 7) is 6.98. The molecule has 1 unspecified atom stereocenters. The zero-order valence-corrected chi connectivity index (χ0v) is 31.2. The lowest BCUT2D eigenvalue weighted by Crippen LogP contribution is -2.25. The third-order valence-corrected chi connectivity index (χ3v) is 11.5. The topological polar surface area (TPSA) is 184 Å². The Morgan fingerprint density at radius 1 is 0.818 bits per heavy atom. The van der Waals surface area contributed by atoms with Gasteiger partial charge in [-0.3, -0.25) is 4.98 Å². The molecule has 0 radical (unpaired) electrons. The number of hydrogen-bond acceptors (Lipinski definition) is 10. The molecule has 1 aromatic heterocycles. The zero-order chi connectivity index (χ0) is 39.3. The Kier molecular flexibility index (Phi) is 9.38. The van der Waals surface area contributed by atoms with E-state index in [-0.39, 0.29) is 45.0 Å². The fourth-order valence-corrected chi connectivity index (χ4v) is 8.34. The van der Waals surface area contributed by atoms with Crippen molar-refractivity contribution in [1.29, 1.82) is 0 Å². The second-order valence-electron chi connectivity index (χ2n) is 14.4. The largest absolute Gasteiger partial charge is 0.505 e. The smallest absolute Gasteiger partial charge is 0.171 e. The molecule has 3 aliphatic rings. The SMILES string of the molecule is CCC1(CC)C2=C(CC(C)C(C=Cc3c(O)c(N)c(-c4ccccn4)c(O)c3O)=C2)c2ccc(C=Cc3c(O)c(O)c(C4=CC=CCN4C)c(O)c3O)cc21. The van der Waals surface area contributed by atoms with Crippen LogP contribution < -0.4 is 5.73 Å². The van der Waals surface area contributed by atoms with E-state index in [1.165, 1.54) is 23.4 Å². The van der Waals surface area contributed by atoms with E-state index < -0.39 is 34.5 Å². The van der Waals surface area contributed by atoms with E-state index in [0.717, 1.165) is 41.5 Å². The van der Waals surface area contributed by atoms with Crippen LogP contribution in [0.4, 0.5) is 5.69 Å². The molecular weight excluding hydrogens is 695 g/mol. The van der Waals surface area contributed by atoms with Crippen molar-refractivity contribution in [2.75, 3.05) is 19.3 Å². The van der Waals surface area contributed by atoms with Crippen molar-refractivity contribution in [3.8, 4) is 51.5 Å². The highest BCUT2D eigenvalue weighted by atomic mass is 16.3. The van der Waals surface area contributed by atoms with Crippen LogP contribution in [-0.2, 0) is 5.41 Å². The maximum Gasteiger partial charge on any atom is 0.171 e. The van der Waals surface area contributed by atoms with Crippen molar-refractivity contribution in [2.24, 2.45) is 5.92 Å². The Bertz CT molecular complexity index is 2360. The van der Waals surface area contributed by atoms with Gasteiger partial charge < -0.3 is 46.4 Å². The maximum absolute atomic E-state index is 11.1. The molecule has 7 rings (SSSR count). The van der Waals surface area contributed by atoms with E-state index in [1.54, 1.807) is 54.5 Å². The molecular formula is C45H45N3O7. The number of nitrogen functional groups attached to an aromatic ring is 1. The number of fused-ring (bicyclic) bond motifs is 2. The number of pyridine rings is 1. The van der Waals surface area contributed by atoms with Gasteiger partial charge in [-0.1, -0.05) is 75.4 Å². The number of benzene rings is 3. The molecule has 0 saturated carbocycles. The lowest BCUT2D eigenvalue weighted by atomic mass is 9.70. The Morgan fingerprint density at radius 2 is 1.47 bits per heavy atom. The van der Waals surface area contributed by atoms with Gasteiger partial charge in [0.2, 0.25) is 0 Å². The summed E-state index contributed by atoms with van der Waals surface area (Å²) in [6, 6.07) is 11.2. The maximum atomic E-state index is 11.1. The molecule has 0 fully saturated rings. The van der Waals surface area contributed by atoms with Gasteiger partial charge in [0.25, 0.3) is 0 Å². The van der Waals surface area contributed by atoms with Gasteiger partial charge in [-0.25, -0.2) is 0 Å². The molecule has 4 aromatic rings. The van der Waals surface area contributed by atoms with Gasteiger partial charge >= 0.3 is 0 Å². The van der Waals surface area contributed by atoms with E-state index >= 15 is 0 Å². The second-order valence-corrected chi connectivity index (χ2v) is 14.4. The fraction of sp³-hybridized carbons (Fsp3) is 0.222. The summed E-state index contributed by atoms with van der Waals surface area (Å²) < 4.78 is 0. The van der Waals surface area contributed by atoms with E-state index in [9.17, 15) is 35.7 Å². The standard InChI is InChI=1S/C45H45N3O7/c1-5-45(6-2)31-22-25(14-17-29-40(51)43(54)36(44(55)41(29)52)34-12-8-10-20-48(34)4)13-16-27(31)30-21-24(3)26(23-32(30)45)15-18-28-38(49)37(46)35(42(53)39(28)50)33-11-7-9-19-47-33/h7-19,22-24,49-55H,5-6,20-21,46H2,1-4H3. The number of phenols is 7. The highest BCUT2D eigenvalue weighted by molar-refractivity contribution is 5.92. The van der Waals surface area contributed by atoms with E-state index in [0.29, 0.717) is 17.9 Å². The number of aromatic hydroxyl groups is 7. The zero-order valence-electron chi connectivity index (χ0n) is 31.2. The molecule has 0 saturated heterocycles. The summed E-state index contributed by atoms with van der Waals surface area (Å²) in [4.78, 5) is 5.99. The lowest BCUT2D eigenvalue weighted by Gasteiger charge is -2.33. The number of phenolic OH excluding ortho intramolecular Hbond substituents is 7. The number of nitrogens with two attached hydrogens (primary N) is 1. The molecule has 0 amide bonds. The minimum absolute atomic E-state index is 0.00913. The Balaban J connectivity index is 1.22. The number of allylic oxidation sites excluding steroid dienone is 7. The van der Waals surface area contributed by atoms with Crippen molar-refractivity contribution in [2.45, 2.75) is 45.4 Å². The molecule has 1 atom stereocenters. The lowest BCUT2D eigenvalue weighted by molar-refractivity contribution is 0.366. The van der Waals surface area contributed by atoms with Crippen LogP contribution in [0.1, 0.15) is 73.4 Å². The average molecular weight is 740 g/mol. The number of likely N-dealkylation sites (N-methyl/N-ethyl adjacent to an activating group) is 1. The molecule has 10 heteroatoms. The summed E-state index contributed by atoms with van der Waals surface area (Å²) in [7, 11) is 1.78. The van der Waals surface area contributed by atoms with Crippen molar-refractivity contribution >= 4 is 35.2 Å². The first kappa shape index (κ1) is 36.8. The van der Waals surface area contributed by atoms with Crippen molar-refractivity contribution in [1.82, 2.24) is 9.88 Å². The number of rotatable bonds is 8. The van der Waals surface area contributed by atoms with Crippen LogP contribution in [0.15, 0.2) is 84.1 Å². The molecule has 2 heterocycles. The Morgan fingerprint density at radius 3 is 2.11 bits per heavy atom. The third kappa shape index (κ3) is 5.85. The predicted molar refractivity (Wildman–Crippen MR) is 217 cm³/mol. The van der Waals surface area contributed by atoms with Crippen LogP contribution >= 0.6 is 0 Å². The van der Waals surface area contributed by atoms with Gasteiger partial charge in [0.05, 0.1) is 39.3 Å². The molecule has 2 aliphatic carbocycles. The highest BCUT2D eigenvalue weighted by Gasteiger charge is 2.43. The predicted octanol–water partition coefficient (Wildman–Crippen LogP) is 8.79. The minimum Gasteiger partial charge on any atom is -0.505 e. The van der Waals surface area contributed by atoms with Gasteiger partial charge in [0.15, 0.2) is 34.5 Å². The number of nitrogens with zero attached hydrogens (tertiary/aromatic N) is 2. The Labute approximate surface area is 319 Å². The fourth-order valence-electron chi connectivity index (χ4n) is 8.34. The second kappa shape index (κ2) is 14.0. The minimum atomic E-state index is -0.538. The molecule has 9 N–H and O–H groups in total. The van der Waals surface area contributed by atoms with Crippen molar-refractivity contribution in [3.63, 3.8) is 0 Å². The molecule has 3 aromatic carbocycles. The van der Waals surface area contributed by atoms with Crippen molar-refractivity contribution in [3.05, 3.63) is 118 Å². The molecule has 0 bridgehead atoms. The van der Waals surface area contributed by atoms with Gasteiger partial charge in [-0.2, -0.15) is 0 Å². The first-order valence-electron chi connectivity index (χ1n) is 18.4. The molecule has 282 valence electrons. The van der Waals surface area contributed by atoms with Gasteiger partial charge in [0, 0.05) is 25.2 Å². The first-order valence-corrected chi connectivity index (χ1v) is 18.4. The van der Waals surface area contributed by atoms with E-state index in [1.807, 2.05) is 18.2 Å². The van der Waals surface area contributed by atoms with Gasteiger partial charge in [-0.15, -0.1) is 0 Å². The average Bonchev–Trinajstić information content (AvgIpc) is 3.45. The van der Waals surface area contributed by atoms with Crippen LogP contribution in [-0.4, -0.2) is 59.2 Å². The number of aromatic nitrogens is 1. The summed E-state index contributed by atoms with van der Waals surface area (Å²) in [6.07, 6.45) is 18.1. The van der Waals surface area contributed by atoms with Crippen LogP contribution in [0.25, 0.3) is 40.8 Å². The van der Waals surface area contributed by atoms with Gasteiger partial charge in [0.1, 0.15) is 5.75 Å². The summed E-state index contributed by atoms with van der Waals surface area (Å²) >= 11 is 0. The summed E-state index contributed by atoms with van der Waals surface area (Å²) in [5.74, 6) is -3.35. The van der Waals surface area contributed by atoms with Crippen LogP contribution in [0.3, 0.4) is 0 Å². The first-order chi connectivity index (χ1) is 26.3. The third-order valence-electron chi connectivity index (χ3n) is 11.5. The highest BCUT2D eigenvalue weighted by Crippen LogP contribution is 2.56. The van der Waals surface area contributed by atoms with E-state index in [4.69, 9.17) is 5.73 Å². The molecule has 55 heavy (non-hydrogen) atoms. The Hall–Kier alpha value is -6.55. The molecule has 1 aliphatic heterocycles. The molecule has 0 spiro atoms. The summed E-state index contributed by atoms with van der Waals surface area (Å²) in [5.41, 5.74) is 13.1. The van der Waals surface area contributed by atoms with Crippen LogP contribution in [0.5, 0.6) is 40.2 Å². The monoisotopic (exact) mass is 739 g/mol. The quantitative estimate of drug-likeness (QED) is 0.0376. The number of anilines is 1. The van der Waals surface area contributed by atoms with Crippen LogP contribution in [0, 0.1) is 5.92 Å². The summed E-state index contributed by atoms with van der Waals surface area (Å²) in [5, 5.41) is 77.0.